The first kappa shape index (κ1) is 13.1. The van der Waals surface area contributed by atoms with Crippen molar-refractivity contribution in [2.24, 2.45) is 5.92 Å². The lowest BCUT2D eigenvalue weighted by atomic mass is 10.1. The molecule has 0 saturated carbocycles. The number of nitrogens with one attached hydrogen (secondary N) is 1. The van der Waals surface area contributed by atoms with Crippen LogP contribution in [-0.2, 0) is 0 Å². The van der Waals surface area contributed by atoms with Gasteiger partial charge in [-0.05, 0) is 34.0 Å². The highest BCUT2D eigenvalue weighted by atomic mass is 79.9. The Morgan fingerprint density at radius 3 is 2.69 bits per heavy atom. The van der Waals surface area contributed by atoms with Gasteiger partial charge < -0.3 is 10.4 Å². The molecule has 2 N–H and O–H groups in total. The van der Waals surface area contributed by atoms with E-state index in [2.05, 4.69) is 26.2 Å². The summed E-state index contributed by atoms with van der Waals surface area (Å²) in [4.78, 5) is 15.7. The number of aliphatic hydroxyl groups is 1. The summed E-state index contributed by atoms with van der Waals surface area (Å²) in [5.74, 6) is -0.0230. The summed E-state index contributed by atoms with van der Waals surface area (Å²) in [6.07, 6.45) is 1.49. The molecule has 5 heteroatoms. The Morgan fingerprint density at radius 2 is 2.25 bits per heavy atom. The van der Waals surface area contributed by atoms with Crippen molar-refractivity contribution in [3.8, 4) is 0 Å². The van der Waals surface area contributed by atoms with E-state index in [0.29, 0.717) is 10.2 Å². The van der Waals surface area contributed by atoms with Gasteiger partial charge in [0.15, 0.2) is 0 Å². The molecule has 0 radical (unpaired) electrons. The molecule has 0 aliphatic rings. The third-order valence-electron chi connectivity index (χ3n) is 2.31. The van der Waals surface area contributed by atoms with Gasteiger partial charge in [0, 0.05) is 6.20 Å². The molecular weight excluding hydrogens is 272 g/mol. The molecule has 0 fully saturated rings. The second kappa shape index (κ2) is 5.96. The topological polar surface area (TPSA) is 62.2 Å². The van der Waals surface area contributed by atoms with Gasteiger partial charge >= 0.3 is 0 Å². The number of carbonyl (C=O) groups excluding carboxylic acids is 1. The van der Waals surface area contributed by atoms with Gasteiger partial charge in [0.25, 0.3) is 5.91 Å². The Balaban J connectivity index is 2.68. The Morgan fingerprint density at radius 1 is 1.56 bits per heavy atom. The minimum absolute atomic E-state index is 0.0621. The fraction of sp³-hybridized carbons (Fsp3) is 0.455. The molecule has 0 unspecified atom stereocenters. The molecule has 0 aromatic carbocycles. The van der Waals surface area contributed by atoms with Gasteiger partial charge in [-0.3, -0.25) is 4.79 Å². The fourth-order valence-corrected chi connectivity index (χ4v) is 1.42. The van der Waals surface area contributed by atoms with Gasteiger partial charge in [0.05, 0.1) is 18.2 Å². The third-order valence-corrected chi connectivity index (χ3v) is 2.78. The normalized spacial score (nSPS) is 12.6. The number of halogens is 1. The maximum atomic E-state index is 11.8. The summed E-state index contributed by atoms with van der Waals surface area (Å²) in [5, 5.41) is 11.9. The van der Waals surface area contributed by atoms with Crippen LogP contribution >= 0.6 is 15.9 Å². The van der Waals surface area contributed by atoms with E-state index < -0.39 is 0 Å². The summed E-state index contributed by atoms with van der Waals surface area (Å²) in [7, 11) is 0. The zero-order valence-corrected chi connectivity index (χ0v) is 10.9. The standard InChI is InChI=1S/C11H15BrN2O2/c1-7(2)9(6-15)14-11(16)8-3-4-10(12)13-5-8/h3-5,7,9,15H,6H2,1-2H3,(H,14,16)/t9-/m1/s1. The van der Waals surface area contributed by atoms with Crippen molar-refractivity contribution in [3.05, 3.63) is 28.5 Å². The predicted molar refractivity (Wildman–Crippen MR) is 65.1 cm³/mol. The first-order valence-corrected chi connectivity index (χ1v) is 5.87. The molecule has 0 aliphatic carbocycles. The van der Waals surface area contributed by atoms with E-state index >= 15 is 0 Å². The van der Waals surface area contributed by atoms with Crippen LogP contribution in [0.2, 0.25) is 0 Å². The Kier molecular flexibility index (Phi) is 4.89. The molecule has 1 heterocycles. The molecule has 1 rings (SSSR count). The van der Waals surface area contributed by atoms with E-state index in [1.54, 1.807) is 12.1 Å². The number of carbonyl (C=O) groups is 1. The predicted octanol–water partition coefficient (Wildman–Crippen LogP) is 1.59. The Bertz CT molecular complexity index is 352. The van der Waals surface area contributed by atoms with Crippen LogP contribution in [0.25, 0.3) is 0 Å². The third kappa shape index (κ3) is 3.57. The first-order chi connectivity index (χ1) is 7.54. The molecule has 1 amide bonds. The van der Waals surface area contributed by atoms with Crippen molar-refractivity contribution in [2.75, 3.05) is 6.61 Å². The van der Waals surface area contributed by atoms with Crippen molar-refractivity contribution < 1.29 is 9.90 Å². The summed E-state index contributed by atoms with van der Waals surface area (Å²) >= 11 is 3.20. The molecule has 88 valence electrons. The van der Waals surface area contributed by atoms with Crippen LogP contribution in [0.5, 0.6) is 0 Å². The van der Waals surface area contributed by atoms with Crippen molar-refractivity contribution in [3.63, 3.8) is 0 Å². The lowest BCUT2D eigenvalue weighted by Crippen LogP contribution is -2.41. The van der Waals surface area contributed by atoms with Crippen molar-refractivity contribution in [1.29, 1.82) is 0 Å². The minimum atomic E-state index is -0.226. The average molecular weight is 287 g/mol. The van der Waals surface area contributed by atoms with Gasteiger partial charge in [-0.25, -0.2) is 4.98 Å². The number of amides is 1. The van der Waals surface area contributed by atoms with E-state index in [9.17, 15) is 4.79 Å². The number of aromatic nitrogens is 1. The van der Waals surface area contributed by atoms with Gasteiger partial charge in [0.2, 0.25) is 0 Å². The second-order valence-corrected chi connectivity index (χ2v) is 4.69. The van der Waals surface area contributed by atoms with Crippen LogP contribution in [0.3, 0.4) is 0 Å². The van der Waals surface area contributed by atoms with Crippen molar-refractivity contribution in [1.82, 2.24) is 10.3 Å². The van der Waals surface area contributed by atoms with Crippen molar-refractivity contribution in [2.45, 2.75) is 19.9 Å². The van der Waals surface area contributed by atoms with Gasteiger partial charge in [-0.1, -0.05) is 13.8 Å². The molecule has 1 aromatic rings. The summed E-state index contributed by atoms with van der Waals surface area (Å²) in [5.41, 5.74) is 0.488. The number of aliphatic hydroxyl groups excluding tert-OH is 1. The molecule has 16 heavy (non-hydrogen) atoms. The lowest BCUT2D eigenvalue weighted by Gasteiger charge is -2.19. The number of rotatable bonds is 4. The van der Waals surface area contributed by atoms with Gasteiger partial charge in [0.1, 0.15) is 4.60 Å². The summed E-state index contributed by atoms with van der Waals surface area (Å²) in [6.45, 7) is 3.83. The van der Waals surface area contributed by atoms with Gasteiger partial charge in [-0.2, -0.15) is 0 Å². The maximum Gasteiger partial charge on any atom is 0.253 e. The Hall–Kier alpha value is -0.940. The SMILES string of the molecule is CC(C)[C@@H](CO)NC(=O)c1ccc(Br)nc1. The van der Waals surface area contributed by atoms with Crippen molar-refractivity contribution >= 4 is 21.8 Å². The molecule has 4 nitrogen and oxygen atoms in total. The van der Waals surface area contributed by atoms with E-state index in [1.807, 2.05) is 13.8 Å². The number of hydrogen-bond donors (Lipinski definition) is 2. The van der Waals surface area contributed by atoms with E-state index in [1.165, 1.54) is 6.20 Å². The summed E-state index contributed by atoms with van der Waals surface area (Å²) < 4.78 is 0.687. The monoisotopic (exact) mass is 286 g/mol. The highest BCUT2D eigenvalue weighted by molar-refractivity contribution is 9.10. The molecule has 0 bridgehead atoms. The minimum Gasteiger partial charge on any atom is -0.394 e. The van der Waals surface area contributed by atoms with Crippen LogP contribution in [0.15, 0.2) is 22.9 Å². The number of pyridine rings is 1. The molecule has 0 spiro atoms. The molecule has 1 atom stereocenters. The van der Waals surface area contributed by atoms with Crippen LogP contribution < -0.4 is 5.32 Å². The molecule has 0 aliphatic heterocycles. The van der Waals surface area contributed by atoms with Gasteiger partial charge in [-0.15, -0.1) is 0 Å². The van der Waals surface area contributed by atoms with Crippen LogP contribution in [0.4, 0.5) is 0 Å². The molecule has 0 saturated heterocycles. The quantitative estimate of drug-likeness (QED) is 0.827. The average Bonchev–Trinajstić information content (AvgIpc) is 2.26. The second-order valence-electron chi connectivity index (χ2n) is 3.88. The number of nitrogens with zero attached hydrogens (tertiary/aromatic N) is 1. The van der Waals surface area contributed by atoms with E-state index in [4.69, 9.17) is 5.11 Å². The highest BCUT2D eigenvalue weighted by Gasteiger charge is 2.16. The fourth-order valence-electron chi connectivity index (χ4n) is 1.18. The molecule has 1 aromatic heterocycles. The highest BCUT2D eigenvalue weighted by Crippen LogP contribution is 2.07. The zero-order chi connectivity index (χ0) is 12.1. The van der Waals surface area contributed by atoms with Crippen LogP contribution in [0, 0.1) is 5.92 Å². The Labute approximate surface area is 103 Å². The van der Waals surface area contributed by atoms with E-state index in [0.717, 1.165) is 0 Å². The zero-order valence-electron chi connectivity index (χ0n) is 9.27. The lowest BCUT2D eigenvalue weighted by molar-refractivity contribution is 0.0896. The maximum absolute atomic E-state index is 11.8. The molecular formula is C11H15BrN2O2. The number of hydrogen-bond acceptors (Lipinski definition) is 3. The first-order valence-electron chi connectivity index (χ1n) is 5.08. The van der Waals surface area contributed by atoms with E-state index in [-0.39, 0.29) is 24.5 Å². The van der Waals surface area contributed by atoms with Crippen LogP contribution in [0.1, 0.15) is 24.2 Å². The largest absolute Gasteiger partial charge is 0.394 e. The summed E-state index contributed by atoms with van der Waals surface area (Å²) in [6, 6.07) is 3.16. The smallest absolute Gasteiger partial charge is 0.253 e. The van der Waals surface area contributed by atoms with Crippen LogP contribution in [-0.4, -0.2) is 28.6 Å².